The van der Waals surface area contributed by atoms with E-state index in [0.29, 0.717) is 12.1 Å². The van der Waals surface area contributed by atoms with Gasteiger partial charge < -0.3 is 15.5 Å². The maximum Gasteiger partial charge on any atom is 0.191 e. The molecule has 3 rings (SSSR count). The Morgan fingerprint density at radius 1 is 1.30 bits per heavy atom. The van der Waals surface area contributed by atoms with Crippen molar-refractivity contribution in [1.29, 1.82) is 0 Å². The largest absolute Gasteiger partial charge is 0.354 e. The Kier molecular flexibility index (Phi) is 9.57. The van der Waals surface area contributed by atoms with Gasteiger partial charge in [-0.25, -0.2) is 0 Å². The summed E-state index contributed by atoms with van der Waals surface area (Å²) in [6, 6.07) is 11.9. The number of nitrogens with one attached hydrogen (secondary N) is 2. The van der Waals surface area contributed by atoms with Crippen LogP contribution < -0.4 is 10.6 Å². The molecule has 0 amide bonds. The van der Waals surface area contributed by atoms with Crippen LogP contribution in [0.1, 0.15) is 30.5 Å². The lowest BCUT2D eigenvalue weighted by Crippen LogP contribution is -2.46. The third-order valence-corrected chi connectivity index (χ3v) is 5.69. The number of rotatable bonds is 7. The minimum atomic E-state index is 0. The van der Waals surface area contributed by atoms with Crippen molar-refractivity contribution in [3.8, 4) is 0 Å². The second-order valence-corrected chi connectivity index (χ2v) is 8.22. The van der Waals surface area contributed by atoms with Crippen LogP contribution in [0.5, 0.6) is 0 Å². The Balaban J connectivity index is 0.00000320. The Labute approximate surface area is 197 Å². The number of hydrogen-bond acceptors (Lipinski definition) is 4. The van der Waals surface area contributed by atoms with Gasteiger partial charge in [0.05, 0.1) is 12.2 Å². The maximum absolute atomic E-state index is 4.45. The van der Waals surface area contributed by atoms with Crippen LogP contribution in [0.2, 0.25) is 0 Å². The van der Waals surface area contributed by atoms with Gasteiger partial charge in [0.2, 0.25) is 0 Å². The number of hydrogen-bond donors (Lipinski definition) is 2. The van der Waals surface area contributed by atoms with Crippen LogP contribution >= 0.6 is 24.0 Å². The van der Waals surface area contributed by atoms with E-state index in [1.165, 1.54) is 11.1 Å². The topological polar surface area (TPSA) is 60.7 Å². The van der Waals surface area contributed by atoms with E-state index in [1.807, 2.05) is 25.0 Å². The molecule has 0 aliphatic carbocycles. The predicted molar refractivity (Wildman–Crippen MR) is 134 cm³/mol. The maximum atomic E-state index is 4.45. The molecule has 1 aliphatic heterocycles. The molecule has 7 nitrogen and oxygen atoms in total. The number of aromatic nitrogens is 2. The number of guanidine groups is 1. The van der Waals surface area contributed by atoms with E-state index in [4.69, 9.17) is 0 Å². The van der Waals surface area contributed by atoms with Crippen LogP contribution in [0.3, 0.4) is 0 Å². The van der Waals surface area contributed by atoms with Crippen molar-refractivity contribution in [2.75, 3.05) is 34.2 Å². The molecule has 0 bridgehead atoms. The van der Waals surface area contributed by atoms with Crippen molar-refractivity contribution in [3.63, 3.8) is 0 Å². The number of nitrogens with zero attached hydrogens (tertiary/aromatic N) is 5. The average Bonchev–Trinajstić information content (AvgIpc) is 3.27. The first-order chi connectivity index (χ1) is 14.0. The highest BCUT2D eigenvalue weighted by Crippen LogP contribution is 2.20. The normalized spacial score (nSPS) is 20.8. The summed E-state index contributed by atoms with van der Waals surface area (Å²) in [5, 5.41) is 11.4. The second kappa shape index (κ2) is 11.7. The summed E-state index contributed by atoms with van der Waals surface area (Å²) in [4.78, 5) is 9.20. The molecule has 0 radical (unpaired) electrons. The molecule has 3 unspecified atom stereocenters. The monoisotopic (exact) mass is 525 g/mol. The zero-order valence-electron chi connectivity index (χ0n) is 18.7. The van der Waals surface area contributed by atoms with Gasteiger partial charge in [-0.15, -0.1) is 24.0 Å². The summed E-state index contributed by atoms with van der Waals surface area (Å²) in [6.45, 7) is 5.10. The number of benzene rings is 1. The number of aryl methyl sites for hydroxylation is 1. The lowest BCUT2D eigenvalue weighted by Gasteiger charge is -2.25. The van der Waals surface area contributed by atoms with Gasteiger partial charge in [-0.1, -0.05) is 30.3 Å². The Morgan fingerprint density at radius 2 is 2.03 bits per heavy atom. The van der Waals surface area contributed by atoms with Crippen LogP contribution in [0.4, 0.5) is 0 Å². The smallest absolute Gasteiger partial charge is 0.191 e. The van der Waals surface area contributed by atoms with Gasteiger partial charge in [-0.3, -0.25) is 14.6 Å². The molecule has 2 N–H and O–H groups in total. The van der Waals surface area contributed by atoms with E-state index >= 15 is 0 Å². The summed E-state index contributed by atoms with van der Waals surface area (Å²) in [5.41, 5.74) is 2.57. The highest BCUT2D eigenvalue weighted by Gasteiger charge is 2.29. The van der Waals surface area contributed by atoms with E-state index < -0.39 is 0 Å². The Bertz CT molecular complexity index is 790. The molecule has 2 aromatic rings. The molecule has 166 valence electrons. The molecule has 8 heteroatoms. The van der Waals surface area contributed by atoms with E-state index in [2.05, 4.69) is 88.1 Å². The van der Waals surface area contributed by atoms with Gasteiger partial charge in [-0.2, -0.15) is 5.10 Å². The number of halogens is 1. The van der Waals surface area contributed by atoms with E-state index in [-0.39, 0.29) is 30.0 Å². The molecule has 2 heterocycles. The fourth-order valence-corrected chi connectivity index (χ4v) is 4.03. The third kappa shape index (κ3) is 6.68. The van der Waals surface area contributed by atoms with Crippen LogP contribution in [-0.4, -0.2) is 71.9 Å². The molecule has 1 saturated heterocycles. The third-order valence-electron chi connectivity index (χ3n) is 5.69. The lowest BCUT2D eigenvalue weighted by molar-refractivity contribution is 0.258. The minimum absolute atomic E-state index is 0. The summed E-state index contributed by atoms with van der Waals surface area (Å²) in [7, 11) is 7.97. The molecule has 0 spiro atoms. The highest BCUT2D eigenvalue weighted by atomic mass is 127. The van der Waals surface area contributed by atoms with Gasteiger partial charge in [0.25, 0.3) is 0 Å². The molecule has 0 saturated carbocycles. The lowest BCUT2D eigenvalue weighted by atomic mass is 10.1. The zero-order chi connectivity index (χ0) is 20.8. The standard InChI is InChI=1S/C22H35N7.HI/c1-17-11-20(16-29(17)14-18-9-7-6-8-10-18)26-22(23-2)24-13-21(27(3)4)19-12-25-28(5)15-19;/h6-10,12,15,17,20-21H,11,13-14,16H2,1-5H3,(H2,23,24,26);1H. The average molecular weight is 525 g/mol. The first kappa shape index (κ1) is 24.6. The highest BCUT2D eigenvalue weighted by molar-refractivity contribution is 14.0. The fraction of sp³-hybridized carbons (Fsp3) is 0.545. The second-order valence-electron chi connectivity index (χ2n) is 8.22. The Morgan fingerprint density at radius 3 is 2.63 bits per heavy atom. The Hall–Kier alpha value is -1.65. The number of likely N-dealkylation sites (tertiary alicyclic amines) is 1. The summed E-state index contributed by atoms with van der Waals surface area (Å²) >= 11 is 0. The molecule has 1 aromatic heterocycles. The number of likely N-dealkylation sites (N-methyl/N-ethyl adjacent to an activating group) is 1. The number of aliphatic imine (C=N–C) groups is 1. The quantitative estimate of drug-likeness (QED) is 0.331. The zero-order valence-corrected chi connectivity index (χ0v) is 21.1. The van der Waals surface area contributed by atoms with Crippen molar-refractivity contribution in [2.24, 2.45) is 12.0 Å². The van der Waals surface area contributed by atoms with E-state index in [1.54, 1.807) is 0 Å². The molecular weight excluding hydrogens is 489 g/mol. The summed E-state index contributed by atoms with van der Waals surface area (Å²) in [6.07, 6.45) is 5.12. The van der Waals surface area contributed by atoms with Crippen LogP contribution in [0.15, 0.2) is 47.7 Å². The minimum Gasteiger partial charge on any atom is -0.354 e. The van der Waals surface area contributed by atoms with Crippen LogP contribution in [-0.2, 0) is 13.6 Å². The van der Waals surface area contributed by atoms with Gasteiger partial charge in [-0.05, 0) is 33.0 Å². The SMILES string of the molecule is CN=C(NCC(c1cnn(C)c1)N(C)C)NC1CC(C)N(Cc2ccccc2)C1.I. The first-order valence-electron chi connectivity index (χ1n) is 10.4. The van der Waals surface area contributed by atoms with Crippen LogP contribution in [0, 0.1) is 0 Å². The van der Waals surface area contributed by atoms with E-state index in [0.717, 1.165) is 32.0 Å². The van der Waals surface area contributed by atoms with Crippen LogP contribution in [0.25, 0.3) is 0 Å². The van der Waals surface area contributed by atoms with Crippen molar-refractivity contribution in [2.45, 2.75) is 38.0 Å². The molecule has 3 atom stereocenters. The van der Waals surface area contributed by atoms with Gasteiger partial charge in [0.15, 0.2) is 5.96 Å². The molecule has 30 heavy (non-hydrogen) atoms. The molecule has 1 aromatic carbocycles. The van der Waals surface area contributed by atoms with Crippen molar-refractivity contribution in [1.82, 2.24) is 30.2 Å². The predicted octanol–water partition coefficient (Wildman–Crippen LogP) is 2.47. The van der Waals surface area contributed by atoms with Gasteiger partial charge in [0.1, 0.15) is 0 Å². The van der Waals surface area contributed by atoms with E-state index in [9.17, 15) is 0 Å². The van der Waals surface area contributed by atoms with Gasteiger partial charge in [0, 0.05) is 57.6 Å². The van der Waals surface area contributed by atoms with Crippen molar-refractivity contribution >= 4 is 29.9 Å². The fourth-order valence-electron chi connectivity index (χ4n) is 4.03. The molecule has 1 aliphatic rings. The van der Waals surface area contributed by atoms with Crippen molar-refractivity contribution in [3.05, 3.63) is 53.9 Å². The van der Waals surface area contributed by atoms with Crippen molar-refractivity contribution < 1.29 is 0 Å². The molecular formula is C22H36IN7. The summed E-state index contributed by atoms with van der Waals surface area (Å²) in [5.74, 6) is 0.861. The van der Waals surface area contributed by atoms with Gasteiger partial charge >= 0.3 is 0 Å². The summed E-state index contributed by atoms with van der Waals surface area (Å²) < 4.78 is 1.85. The molecule has 1 fully saturated rings. The first-order valence-corrected chi connectivity index (χ1v) is 10.4.